The predicted molar refractivity (Wildman–Crippen MR) is 46.1 cm³/mol. The van der Waals surface area contributed by atoms with Crippen molar-refractivity contribution in [2.75, 3.05) is 0 Å². The molecule has 58 valence electrons. The van der Waals surface area contributed by atoms with Crippen LogP contribution in [0.1, 0.15) is 24.4 Å². The molecule has 1 fully saturated rings. The summed E-state index contributed by atoms with van der Waals surface area (Å²) in [6.45, 7) is 0. The Morgan fingerprint density at radius 1 is 1.18 bits per heavy atom. The smallest absolute Gasteiger partial charge is 0.0323 e. The van der Waals surface area contributed by atoms with Gasteiger partial charge in [0.1, 0.15) is 0 Å². The summed E-state index contributed by atoms with van der Waals surface area (Å²) in [6.07, 6.45) is 2.63. The molecule has 0 saturated heterocycles. The molecule has 1 heteroatoms. The Balaban J connectivity index is 2.15. The SMILES string of the molecule is N[C@@H](c1ccccc1)C1CC1. The van der Waals surface area contributed by atoms with Gasteiger partial charge in [0.05, 0.1) is 0 Å². The lowest BCUT2D eigenvalue weighted by molar-refractivity contribution is 0.633. The molecule has 1 aromatic carbocycles. The van der Waals surface area contributed by atoms with Crippen molar-refractivity contribution in [3.63, 3.8) is 0 Å². The topological polar surface area (TPSA) is 26.0 Å². The lowest BCUT2D eigenvalue weighted by atomic mass is 10.0. The van der Waals surface area contributed by atoms with Crippen LogP contribution in [0.15, 0.2) is 30.3 Å². The Labute approximate surface area is 67.2 Å². The highest BCUT2D eigenvalue weighted by Gasteiger charge is 2.28. The van der Waals surface area contributed by atoms with E-state index in [1.807, 2.05) is 6.07 Å². The van der Waals surface area contributed by atoms with E-state index in [0.717, 1.165) is 5.92 Å². The molecule has 0 aromatic heterocycles. The molecule has 1 atom stereocenters. The van der Waals surface area contributed by atoms with Gasteiger partial charge in [-0.15, -0.1) is 0 Å². The minimum Gasteiger partial charge on any atom is -0.324 e. The average molecular weight is 147 g/mol. The molecule has 0 spiro atoms. The fraction of sp³-hybridized carbons (Fsp3) is 0.400. The molecule has 2 N–H and O–H groups in total. The lowest BCUT2D eigenvalue weighted by Crippen LogP contribution is -2.11. The molecule has 1 aliphatic rings. The normalized spacial score (nSPS) is 19.7. The average Bonchev–Trinajstić information content (AvgIpc) is 2.87. The van der Waals surface area contributed by atoms with E-state index < -0.39 is 0 Å². The van der Waals surface area contributed by atoms with Gasteiger partial charge in [-0.25, -0.2) is 0 Å². The Kier molecular flexibility index (Phi) is 1.66. The van der Waals surface area contributed by atoms with Crippen LogP contribution >= 0.6 is 0 Å². The van der Waals surface area contributed by atoms with Crippen molar-refractivity contribution >= 4 is 0 Å². The van der Waals surface area contributed by atoms with Crippen LogP contribution in [0.4, 0.5) is 0 Å². The zero-order chi connectivity index (χ0) is 7.68. The monoisotopic (exact) mass is 147 g/mol. The van der Waals surface area contributed by atoms with Crippen LogP contribution in [-0.4, -0.2) is 0 Å². The highest BCUT2D eigenvalue weighted by atomic mass is 14.7. The molecule has 0 aliphatic heterocycles. The Morgan fingerprint density at radius 3 is 2.36 bits per heavy atom. The molecule has 0 amide bonds. The second kappa shape index (κ2) is 2.67. The standard InChI is InChI=1S/C10H13N/c11-10(9-6-7-9)8-4-2-1-3-5-8/h1-5,9-10H,6-7,11H2/t10-/m0/s1. The van der Waals surface area contributed by atoms with Gasteiger partial charge >= 0.3 is 0 Å². The second-order valence-corrected chi connectivity index (χ2v) is 3.27. The number of nitrogens with two attached hydrogens (primary N) is 1. The van der Waals surface area contributed by atoms with Gasteiger partial charge in [-0.2, -0.15) is 0 Å². The highest BCUT2D eigenvalue weighted by Crippen LogP contribution is 2.39. The van der Waals surface area contributed by atoms with Crippen LogP contribution in [-0.2, 0) is 0 Å². The third-order valence-electron chi connectivity index (χ3n) is 2.31. The summed E-state index contributed by atoms with van der Waals surface area (Å²) < 4.78 is 0. The van der Waals surface area contributed by atoms with Crippen molar-refractivity contribution in [2.24, 2.45) is 11.7 Å². The van der Waals surface area contributed by atoms with Crippen molar-refractivity contribution in [2.45, 2.75) is 18.9 Å². The number of hydrogen-bond donors (Lipinski definition) is 1. The molecule has 1 nitrogen and oxygen atoms in total. The summed E-state index contributed by atoms with van der Waals surface area (Å²) >= 11 is 0. The summed E-state index contributed by atoms with van der Waals surface area (Å²) in [5.41, 5.74) is 7.29. The van der Waals surface area contributed by atoms with Gasteiger partial charge in [0, 0.05) is 6.04 Å². The molecule has 1 aromatic rings. The first-order chi connectivity index (χ1) is 5.38. The van der Waals surface area contributed by atoms with Crippen molar-refractivity contribution in [1.29, 1.82) is 0 Å². The summed E-state index contributed by atoms with van der Waals surface area (Å²) in [5.74, 6) is 0.761. The van der Waals surface area contributed by atoms with Crippen molar-refractivity contribution < 1.29 is 0 Å². The van der Waals surface area contributed by atoms with Gasteiger partial charge in [0.2, 0.25) is 0 Å². The van der Waals surface area contributed by atoms with E-state index in [4.69, 9.17) is 5.73 Å². The first-order valence-corrected chi connectivity index (χ1v) is 4.18. The maximum atomic E-state index is 6.00. The highest BCUT2D eigenvalue weighted by molar-refractivity contribution is 5.20. The first kappa shape index (κ1) is 6.86. The Morgan fingerprint density at radius 2 is 1.82 bits per heavy atom. The second-order valence-electron chi connectivity index (χ2n) is 3.27. The van der Waals surface area contributed by atoms with Gasteiger partial charge in [-0.1, -0.05) is 30.3 Å². The number of hydrogen-bond acceptors (Lipinski definition) is 1. The van der Waals surface area contributed by atoms with E-state index in [2.05, 4.69) is 24.3 Å². The van der Waals surface area contributed by atoms with Crippen molar-refractivity contribution in [3.05, 3.63) is 35.9 Å². The summed E-state index contributed by atoms with van der Waals surface area (Å²) in [5, 5.41) is 0. The van der Waals surface area contributed by atoms with Gasteiger partial charge in [0.25, 0.3) is 0 Å². The maximum absolute atomic E-state index is 6.00. The lowest BCUT2D eigenvalue weighted by Gasteiger charge is -2.09. The minimum absolute atomic E-state index is 0.288. The third-order valence-corrected chi connectivity index (χ3v) is 2.31. The van der Waals surface area contributed by atoms with Crippen LogP contribution in [0.5, 0.6) is 0 Å². The molecule has 0 unspecified atom stereocenters. The fourth-order valence-corrected chi connectivity index (χ4v) is 1.40. The van der Waals surface area contributed by atoms with Gasteiger partial charge < -0.3 is 5.73 Å². The number of rotatable bonds is 2. The summed E-state index contributed by atoms with van der Waals surface area (Å²) in [4.78, 5) is 0. The van der Waals surface area contributed by atoms with Crippen LogP contribution < -0.4 is 5.73 Å². The molecule has 0 bridgehead atoms. The zero-order valence-corrected chi connectivity index (χ0v) is 6.53. The van der Waals surface area contributed by atoms with Gasteiger partial charge in [-0.05, 0) is 24.3 Å². The van der Waals surface area contributed by atoms with Crippen LogP contribution in [0, 0.1) is 5.92 Å². The molecule has 1 saturated carbocycles. The third kappa shape index (κ3) is 1.43. The molecule has 0 heterocycles. The molecular weight excluding hydrogens is 134 g/mol. The van der Waals surface area contributed by atoms with E-state index in [9.17, 15) is 0 Å². The Bertz CT molecular complexity index is 226. The quantitative estimate of drug-likeness (QED) is 0.681. The van der Waals surface area contributed by atoms with Crippen LogP contribution in [0.2, 0.25) is 0 Å². The Hall–Kier alpha value is -0.820. The first-order valence-electron chi connectivity index (χ1n) is 4.18. The summed E-state index contributed by atoms with van der Waals surface area (Å²) in [6, 6.07) is 10.7. The maximum Gasteiger partial charge on any atom is 0.0323 e. The van der Waals surface area contributed by atoms with Crippen molar-refractivity contribution in [3.8, 4) is 0 Å². The molecule has 0 radical (unpaired) electrons. The molecule has 11 heavy (non-hydrogen) atoms. The predicted octanol–water partition coefficient (Wildman–Crippen LogP) is 2.10. The van der Waals surface area contributed by atoms with E-state index in [1.165, 1.54) is 18.4 Å². The van der Waals surface area contributed by atoms with Crippen LogP contribution in [0.3, 0.4) is 0 Å². The fourth-order valence-electron chi connectivity index (χ4n) is 1.40. The van der Waals surface area contributed by atoms with Crippen molar-refractivity contribution in [1.82, 2.24) is 0 Å². The minimum atomic E-state index is 0.288. The molecular formula is C10H13N. The van der Waals surface area contributed by atoms with Gasteiger partial charge in [-0.3, -0.25) is 0 Å². The zero-order valence-electron chi connectivity index (χ0n) is 6.53. The molecule has 2 rings (SSSR count). The van der Waals surface area contributed by atoms with Gasteiger partial charge in [0.15, 0.2) is 0 Å². The molecule has 1 aliphatic carbocycles. The van der Waals surface area contributed by atoms with E-state index >= 15 is 0 Å². The van der Waals surface area contributed by atoms with Crippen LogP contribution in [0.25, 0.3) is 0 Å². The summed E-state index contributed by atoms with van der Waals surface area (Å²) in [7, 11) is 0. The van der Waals surface area contributed by atoms with E-state index in [0.29, 0.717) is 0 Å². The van der Waals surface area contributed by atoms with E-state index in [-0.39, 0.29) is 6.04 Å². The number of benzene rings is 1. The van der Waals surface area contributed by atoms with E-state index in [1.54, 1.807) is 0 Å². The largest absolute Gasteiger partial charge is 0.324 e.